The molecule has 0 aromatic heterocycles. The van der Waals surface area contributed by atoms with Gasteiger partial charge in [0.2, 0.25) is 5.91 Å². The van der Waals surface area contributed by atoms with Crippen LogP contribution in [0.3, 0.4) is 0 Å². The first-order valence-electron chi connectivity index (χ1n) is 9.00. The normalized spacial score (nSPS) is 14.1. The summed E-state index contributed by atoms with van der Waals surface area (Å²) in [6.07, 6.45) is 0. The average molecular weight is 409 g/mol. The van der Waals surface area contributed by atoms with E-state index in [4.69, 9.17) is 0 Å². The molecule has 0 atom stereocenters. The van der Waals surface area contributed by atoms with E-state index in [1.165, 1.54) is 6.07 Å². The first-order chi connectivity index (χ1) is 13.8. The molecule has 0 spiro atoms. The van der Waals surface area contributed by atoms with Gasteiger partial charge in [-0.1, -0.05) is 30.3 Å². The number of hydrogen-bond donors (Lipinski definition) is 2. The predicted octanol–water partition coefficient (Wildman–Crippen LogP) is 3.31. The van der Waals surface area contributed by atoms with Crippen molar-refractivity contribution in [2.24, 2.45) is 0 Å². The minimum atomic E-state index is -3.86. The van der Waals surface area contributed by atoms with E-state index in [0.717, 1.165) is 20.8 Å². The Balaban J connectivity index is 1.51. The molecular formula is C21H19N3O4S. The van der Waals surface area contributed by atoms with Gasteiger partial charge in [0.05, 0.1) is 10.6 Å². The van der Waals surface area contributed by atoms with Gasteiger partial charge in [0.15, 0.2) is 0 Å². The van der Waals surface area contributed by atoms with Gasteiger partial charge in [-0.2, -0.15) is 0 Å². The second kappa shape index (κ2) is 6.89. The third kappa shape index (κ3) is 3.31. The number of anilines is 2. The quantitative estimate of drug-likeness (QED) is 0.694. The summed E-state index contributed by atoms with van der Waals surface area (Å²) in [5.41, 5.74) is 3.07. The van der Waals surface area contributed by atoms with Crippen molar-refractivity contribution in [2.75, 3.05) is 16.2 Å². The Kier molecular flexibility index (Phi) is 4.50. The van der Waals surface area contributed by atoms with E-state index in [1.54, 1.807) is 30.3 Å². The van der Waals surface area contributed by atoms with Crippen molar-refractivity contribution >= 4 is 44.1 Å². The second-order valence-electron chi connectivity index (χ2n) is 6.94. The summed E-state index contributed by atoms with van der Waals surface area (Å²) in [5, 5.41) is 6.14. The van der Waals surface area contributed by atoms with Gasteiger partial charge in [-0.05, 0) is 54.6 Å². The van der Waals surface area contributed by atoms with Crippen LogP contribution < -0.4 is 14.9 Å². The van der Waals surface area contributed by atoms with Crippen molar-refractivity contribution in [2.45, 2.75) is 18.7 Å². The average Bonchev–Trinajstić information content (AvgIpc) is 2.88. The molecule has 3 amide bonds. The molecule has 0 saturated carbocycles. The van der Waals surface area contributed by atoms with E-state index < -0.39 is 28.5 Å². The molecule has 2 N–H and O–H groups in total. The molecule has 0 bridgehead atoms. The van der Waals surface area contributed by atoms with Gasteiger partial charge in [-0.3, -0.25) is 14.4 Å². The molecular weight excluding hydrogens is 390 g/mol. The summed E-state index contributed by atoms with van der Waals surface area (Å²) in [6, 6.07) is 14.9. The predicted molar refractivity (Wildman–Crippen MR) is 112 cm³/mol. The largest absolute Gasteiger partial charge is 0.325 e. The second-order valence-corrected chi connectivity index (χ2v) is 8.78. The Morgan fingerprint density at radius 1 is 0.966 bits per heavy atom. The van der Waals surface area contributed by atoms with Crippen molar-refractivity contribution in [1.29, 1.82) is 0 Å². The fraction of sp³-hybridized carbons (Fsp3) is 0.143. The number of amides is 3. The summed E-state index contributed by atoms with van der Waals surface area (Å²) >= 11 is 0. The van der Waals surface area contributed by atoms with Crippen LogP contribution in [0.15, 0.2) is 59.5 Å². The van der Waals surface area contributed by atoms with Crippen LogP contribution in [0.1, 0.15) is 11.1 Å². The first kappa shape index (κ1) is 18.9. The van der Waals surface area contributed by atoms with Gasteiger partial charge in [-0.25, -0.2) is 13.2 Å². The summed E-state index contributed by atoms with van der Waals surface area (Å²) in [5.74, 6) is -0.722. The number of rotatable bonds is 3. The van der Waals surface area contributed by atoms with Crippen LogP contribution in [0.25, 0.3) is 10.8 Å². The molecule has 0 aliphatic carbocycles. The third-order valence-corrected chi connectivity index (χ3v) is 6.79. The molecule has 0 radical (unpaired) electrons. The summed E-state index contributed by atoms with van der Waals surface area (Å²) in [6.45, 7) is 3.38. The Bertz CT molecular complexity index is 1260. The van der Waals surface area contributed by atoms with E-state index in [9.17, 15) is 18.0 Å². The highest BCUT2D eigenvalue weighted by molar-refractivity contribution is 7.93. The van der Waals surface area contributed by atoms with E-state index in [2.05, 4.69) is 10.6 Å². The molecule has 148 valence electrons. The molecule has 7 nitrogen and oxygen atoms in total. The van der Waals surface area contributed by atoms with E-state index in [1.807, 2.05) is 32.0 Å². The molecule has 1 aliphatic heterocycles. The Morgan fingerprint density at radius 3 is 2.41 bits per heavy atom. The topological polar surface area (TPSA) is 95.6 Å². The number of imide groups is 1. The van der Waals surface area contributed by atoms with Crippen molar-refractivity contribution < 1.29 is 18.0 Å². The van der Waals surface area contributed by atoms with Crippen molar-refractivity contribution in [3.8, 4) is 0 Å². The SMILES string of the molecule is Cc1ccc(NC(=O)NC(=O)CN2c3cccc4cccc(c34)S2(=O)=O)cc1C. The van der Waals surface area contributed by atoms with Crippen molar-refractivity contribution in [1.82, 2.24) is 5.32 Å². The summed E-state index contributed by atoms with van der Waals surface area (Å²) in [7, 11) is -3.86. The number of carbonyl (C=O) groups excluding carboxylic acids is 2. The minimum absolute atomic E-state index is 0.165. The van der Waals surface area contributed by atoms with Crippen LogP contribution in [0, 0.1) is 13.8 Å². The van der Waals surface area contributed by atoms with Crippen LogP contribution in [-0.2, 0) is 14.8 Å². The Labute approximate surface area is 168 Å². The lowest BCUT2D eigenvalue weighted by Crippen LogP contribution is -2.43. The smallest absolute Gasteiger partial charge is 0.308 e. The number of urea groups is 1. The molecule has 1 heterocycles. The maximum Gasteiger partial charge on any atom is 0.325 e. The highest BCUT2D eigenvalue weighted by Crippen LogP contribution is 2.41. The number of nitrogens with zero attached hydrogens (tertiary/aromatic N) is 1. The van der Waals surface area contributed by atoms with Gasteiger partial charge in [0, 0.05) is 11.1 Å². The monoisotopic (exact) mass is 409 g/mol. The van der Waals surface area contributed by atoms with Gasteiger partial charge in [0.1, 0.15) is 6.54 Å². The summed E-state index contributed by atoms with van der Waals surface area (Å²) < 4.78 is 26.8. The molecule has 0 fully saturated rings. The van der Waals surface area contributed by atoms with E-state index >= 15 is 0 Å². The maximum atomic E-state index is 12.9. The maximum absolute atomic E-state index is 12.9. The number of hydrogen-bond acceptors (Lipinski definition) is 4. The fourth-order valence-electron chi connectivity index (χ4n) is 3.41. The van der Waals surface area contributed by atoms with Crippen LogP contribution in [0.5, 0.6) is 0 Å². The van der Waals surface area contributed by atoms with Gasteiger partial charge in [-0.15, -0.1) is 0 Å². The Morgan fingerprint density at radius 2 is 1.69 bits per heavy atom. The number of nitrogens with one attached hydrogen (secondary N) is 2. The molecule has 29 heavy (non-hydrogen) atoms. The molecule has 3 aromatic rings. The lowest BCUT2D eigenvalue weighted by molar-refractivity contribution is -0.118. The van der Waals surface area contributed by atoms with E-state index in [-0.39, 0.29) is 4.90 Å². The summed E-state index contributed by atoms with van der Waals surface area (Å²) in [4.78, 5) is 24.7. The van der Waals surface area contributed by atoms with Crippen molar-refractivity contribution in [3.05, 3.63) is 65.7 Å². The highest BCUT2D eigenvalue weighted by atomic mass is 32.2. The number of benzene rings is 3. The van der Waals surface area contributed by atoms with Crippen LogP contribution in [-0.4, -0.2) is 26.9 Å². The number of sulfonamides is 1. The minimum Gasteiger partial charge on any atom is -0.308 e. The standard InChI is InChI=1S/C21H19N3O4S/c1-13-9-10-16(11-14(13)2)22-21(26)23-19(25)12-24-17-7-3-5-15-6-4-8-18(20(15)17)29(24,27)28/h3-11H,12H2,1-2H3,(H2,22,23,25,26). The molecule has 8 heteroatoms. The third-order valence-electron chi connectivity index (χ3n) is 4.99. The Hall–Kier alpha value is -3.39. The van der Waals surface area contributed by atoms with Gasteiger partial charge < -0.3 is 5.32 Å². The highest BCUT2D eigenvalue weighted by Gasteiger charge is 2.36. The van der Waals surface area contributed by atoms with Gasteiger partial charge >= 0.3 is 6.03 Å². The number of carbonyl (C=O) groups is 2. The zero-order valence-electron chi connectivity index (χ0n) is 15.9. The zero-order valence-corrected chi connectivity index (χ0v) is 16.7. The molecule has 1 aliphatic rings. The zero-order chi connectivity index (χ0) is 20.8. The number of aryl methyl sites for hydroxylation is 2. The van der Waals surface area contributed by atoms with Crippen LogP contribution >= 0.6 is 0 Å². The first-order valence-corrected chi connectivity index (χ1v) is 10.4. The lowest BCUT2D eigenvalue weighted by atomic mass is 10.1. The van der Waals surface area contributed by atoms with Crippen molar-refractivity contribution in [3.63, 3.8) is 0 Å². The fourth-order valence-corrected chi connectivity index (χ4v) is 5.07. The molecule has 3 aromatic carbocycles. The molecule has 4 rings (SSSR count). The van der Waals surface area contributed by atoms with Crippen LogP contribution in [0.4, 0.5) is 16.2 Å². The molecule has 0 unspecified atom stereocenters. The lowest BCUT2D eigenvalue weighted by Gasteiger charge is -2.18. The van der Waals surface area contributed by atoms with E-state index in [0.29, 0.717) is 16.8 Å². The van der Waals surface area contributed by atoms with Crippen LogP contribution in [0.2, 0.25) is 0 Å². The van der Waals surface area contributed by atoms with Gasteiger partial charge in [0.25, 0.3) is 10.0 Å². The molecule has 0 saturated heterocycles.